The van der Waals surface area contributed by atoms with E-state index in [0.717, 1.165) is 0 Å². The van der Waals surface area contributed by atoms with Gasteiger partial charge in [-0.2, -0.15) is 0 Å². The van der Waals surface area contributed by atoms with E-state index in [1.807, 2.05) is 0 Å². The van der Waals surface area contributed by atoms with E-state index in [1.165, 1.54) is 37.6 Å². The molecular formula is C27H39GaN12O9. The van der Waals surface area contributed by atoms with Gasteiger partial charge in [-0.05, 0) is 0 Å². The van der Waals surface area contributed by atoms with Crippen LogP contribution in [0.15, 0.2) is 37.6 Å². The van der Waals surface area contributed by atoms with Gasteiger partial charge in [-0.3, -0.25) is 0 Å². The number of amides is 3. The quantitative estimate of drug-likeness (QED) is 0.0469. The molecule has 3 aromatic rings. The number of carbonyl (C=O) groups excluding carboxylic acids is 6. The fourth-order valence-electron chi connectivity index (χ4n) is 4.22. The molecule has 3 atom stereocenters. The van der Waals surface area contributed by atoms with Crippen LogP contribution < -0.4 is 33.2 Å². The van der Waals surface area contributed by atoms with Crippen LogP contribution in [0.5, 0.6) is 0 Å². The molecule has 0 aliphatic carbocycles. The average molecular weight is 745 g/mol. The topological polar surface area (TPSA) is 330 Å². The number of aromatic amines is 3. The zero-order valence-electron chi connectivity index (χ0n) is 26.4. The Balaban J connectivity index is 1.90. The van der Waals surface area contributed by atoms with E-state index < -0.39 is 71.1 Å². The summed E-state index contributed by atoms with van der Waals surface area (Å²) in [6.45, 7) is -0.0163. The van der Waals surface area contributed by atoms with Gasteiger partial charge in [0.2, 0.25) is 0 Å². The molecule has 22 heteroatoms. The van der Waals surface area contributed by atoms with E-state index in [-0.39, 0.29) is 58.2 Å². The molecule has 3 rings (SSSR count). The Kier molecular flexibility index (Phi) is 16.0. The Morgan fingerprint density at radius 1 is 0.571 bits per heavy atom. The summed E-state index contributed by atoms with van der Waals surface area (Å²) in [5.74, 6) is -5.02. The first-order valence-corrected chi connectivity index (χ1v) is 18.1. The predicted molar refractivity (Wildman–Crippen MR) is 168 cm³/mol. The molecule has 49 heavy (non-hydrogen) atoms. The molecule has 21 nitrogen and oxygen atoms in total. The number of hydrogen-bond acceptors (Lipinski definition) is 15. The maximum absolute atomic E-state index is 13.5. The van der Waals surface area contributed by atoms with Gasteiger partial charge in [0.05, 0.1) is 0 Å². The second-order valence-corrected chi connectivity index (χ2v) is 13.1. The molecule has 3 unspecified atom stereocenters. The van der Waals surface area contributed by atoms with Gasteiger partial charge < -0.3 is 0 Å². The van der Waals surface area contributed by atoms with Crippen LogP contribution >= 0.6 is 0 Å². The molecule has 264 valence electrons. The van der Waals surface area contributed by atoms with Gasteiger partial charge in [0.25, 0.3) is 0 Å². The molecule has 0 bridgehead atoms. The second-order valence-electron chi connectivity index (χ2n) is 10.4. The van der Waals surface area contributed by atoms with Crippen LogP contribution in [-0.2, 0) is 58.6 Å². The summed E-state index contributed by atoms with van der Waals surface area (Å²) >= 11 is -4.83. The molecule has 3 amide bonds. The van der Waals surface area contributed by atoms with E-state index >= 15 is 0 Å². The van der Waals surface area contributed by atoms with Gasteiger partial charge in [-0.15, -0.1) is 0 Å². The van der Waals surface area contributed by atoms with Gasteiger partial charge in [0.15, 0.2) is 0 Å². The van der Waals surface area contributed by atoms with Gasteiger partial charge >= 0.3 is 286 Å². The minimum atomic E-state index is -4.83. The number of imidazole rings is 3. The van der Waals surface area contributed by atoms with Crippen LogP contribution in [0.25, 0.3) is 0 Å². The number of H-pyrrole nitrogens is 3. The monoisotopic (exact) mass is 744 g/mol. The van der Waals surface area contributed by atoms with E-state index in [4.69, 9.17) is 27.8 Å². The zero-order chi connectivity index (χ0) is 35.6. The van der Waals surface area contributed by atoms with Gasteiger partial charge in [-0.1, -0.05) is 0 Å². The first kappa shape index (κ1) is 38.4. The molecule has 0 radical (unpaired) electrons. The van der Waals surface area contributed by atoms with Crippen molar-refractivity contribution in [2.45, 2.75) is 56.7 Å². The molecule has 0 aliphatic rings. The van der Waals surface area contributed by atoms with Crippen molar-refractivity contribution in [3.05, 3.63) is 54.7 Å². The average Bonchev–Trinajstić information content (AvgIpc) is 3.86. The number of aromatic nitrogens is 6. The molecule has 0 fully saturated rings. The molecule has 0 aliphatic heterocycles. The summed E-state index contributed by atoms with van der Waals surface area (Å²) in [7, 11) is 0. The number of hydrogen-bond donors (Lipinski definition) is 9. The third-order valence-corrected chi connectivity index (χ3v) is 9.22. The zero-order valence-corrected chi connectivity index (χ0v) is 28.8. The Morgan fingerprint density at radius 3 is 1.08 bits per heavy atom. The number of carbonyl (C=O) groups is 6. The van der Waals surface area contributed by atoms with Crippen molar-refractivity contribution in [1.29, 1.82) is 0 Å². The predicted octanol–water partition coefficient (Wildman–Crippen LogP) is -4.00. The number of nitrogens with two attached hydrogens (primary N) is 3. The van der Waals surface area contributed by atoms with E-state index in [1.54, 1.807) is 0 Å². The van der Waals surface area contributed by atoms with Crippen molar-refractivity contribution in [2.75, 3.05) is 19.6 Å². The van der Waals surface area contributed by atoms with E-state index in [2.05, 4.69) is 45.9 Å². The molecule has 0 saturated carbocycles. The summed E-state index contributed by atoms with van der Waals surface area (Å²) in [4.78, 5) is 98.0. The van der Waals surface area contributed by atoms with Crippen LogP contribution in [0.1, 0.15) is 36.3 Å². The molecule has 0 spiro atoms. The molecular weight excluding hydrogens is 706 g/mol. The Hall–Kier alpha value is -5.03. The van der Waals surface area contributed by atoms with Crippen LogP contribution in [0.3, 0.4) is 0 Å². The Morgan fingerprint density at radius 2 is 0.857 bits per heavy atom. The molecule has 3 aromatic heterocycles. The second kappa shape index (κ2) is 20.4. The normalized spacial score (nSPS) is 12.6. The van der Waals surface area contributed by atoms with E-state index in [9.17, 15) is 28.8 Å². The van der Waals surface area contributed by atoms with Crippen molar-refractivity contribution in [2.24, 2.45) is 17.2 Å². The molecule has 3 heterocycles. The van der Waals surface area contributed by atoms with Gasteiger partial charge in [0.1, 0.15) is 0 Å². The molecule has 0 aromatic carbocycles. The summed E-state index contributed by atoms with van der Waals surface area (Å²) in [6, 6.07) is -4.04. The summed E-state index contributed by atoms with van der Waals surface area (Å²) in [5.41, 5.74) is 17.8. The Bertz CT molecular complexity index is 1310. The summed E-state index contributed by atoms with van der Waals surface area (Å²) < 4.78 is 16.6. The SMILES string of the molecule is NCCC(=O)NC(Cc1cnc[nH]1)C(=O)[O][Ga]([O]C(=O)C(Cc1cnc[nH]1)NC(=O)CCN)[O]C(=O)C(Cc1cnc[nH]1)NC(=O)CCN. The fraction of sp³-hybridized carbons (Fsp3) is 0.444. The van der Waals surface area contributed by atoms with E-state index in [0.29, 0.717) is 17.1 Å². The first-order chi connectivity index (χ1) is 23.6. The van der Waals surface area contributed by atoms with Gasteiger partial charge in [-0.25, -0.2) is 0 Å². The first-order valence-electron chi connectivity index (χ1n) is 15.1. The van der Waals surface area contributed by atoms with Crippen LogP contribution in [0.4, 0.5) is 0 Å². The van der Waals surface area contributed by atoms with Crippen molar-refractivity contribution in [1.82, 2.24) is 45.9 Å². The van der Waals surface area contributed by atoms with Crippen LogP contribution in [0, 0.1) is 0 Å². The number of nitrogens with one attached hydrogen (secondary N) is 6. The molecule has 0 saturated heterocycles. The number of nitrogens with zero attached hydrogens (tertiary/aromatic N) is 3. The Labute approximate surface area is 285 Å². The van der Waals surface area contributed by atoms with Crippen molar-refractivity contribution in [3.8, 4) is 0 Å². The standard InChI is InChI=1S/3C9H14N4O3.Ga/c3*10-2-1-8(14)13-7(9(15)16)3-6-4-11-5-12-6;/h3*4-5,7H,1-3,10H2,(H,11,12)(H,13,14)(H,15,16);/q;;;+3/p-3. The minimum absolute atomic E-state index is 0.00544. The summed E-state index contributed by atoms with van der Waals surface area (Å²) in [6.07, 6.45) is 7.63. The van der Waals surface area contributed by atoms with Crippen molar-refractivity contribution in [3.63, 3.8) is 0 Å². The van der Waals surface area contributed by atoms with Crippen LogP contribution in [0.2, 0.25) is 0 Å². The number of rotatable bonds is 21. The summed E-state index contributed by atoms with van der Waals surface area (Å²) in [5, 5.41) is 7.50. The van der Waals surface area contributed by atoms with Crippen LogP contribution in [-0.4, -0.2) is 121 Å². The van der Waals surface area contributed by atoms with Crippen molar-refractivity contribution < 1.29 is 39.4 Å². The van der Waals surface area contributed by atoms with Gasteiger partial charge in [0, 0.05) is 0 Å². The molecule has 12 N–H and O–H groups in total. The fourth-order valence-corrected chi connectivity index (χ4v) is 6.76. The maximum atomic E-state index is 13.5. The third-order valence-electron chi connectivity index (χ3n) is 6.55. The third kappa shape index (κ3) is 13.5. The van der Waals surface area contributed by atoms with Crippen molar-refractivity contribution >= 4 is 52.9 Å².